The normalized spacial score (nSPS) is 24.3. The van der Waals surface area contributed by atoms with Crippen molar-refractivity contribution in [1.29, 1.82) is 0 Å². The predicted molar refractivity (Wildman–Crippen MR) is 83.0 cm³/mol. The number of rotatable bonds is 2. The van der Waals surface area contributed by atoms with E-state index in [-0.39, 0.29) is 0 Å². The molecule has 0 saturated carbocycles. The summed E-state index contributed by atoms with van der Waals surface area (Å²) in [4.78, 5) is 0. The Morgan fingerprint density at radius 3 is 2.68 bits per heavy atom. The minimum Gasteiger partial charge on any atom is -0.0839 e. The molecule has 0 nitrogen and oxygen atoms in total. The van der Waals surface area contributed by atoms with Gasteiger partial charge in [-0.2, -0.15) is 0 Å². The summed E-state index contributed by atoms with van der Waals surface area (Å²) >= 11 is 0. The van der Waals surface area contributed by atoms with E-state index in [2.05, 4.69) is 51.2 Å². The lowest BCUT2D eigenvalue weighted by atomic mass is 9.60. The summed E-state index contributed by atoms with van der Waals surface area (Å²) in [6.45, 7) is 6.95. The summed E-state index contributed by atoms with van der Waals surface area (Å²) in [5.74, 6) is 0. The van der Waals surface area contributed by atoms with E-state index >= 15 is 0 Å². The van der Waals surface area contributed by atoms with Crippen LogP contribution in [0.4, 0.5) is 0 Å². The maximum atomic E-state index is 2.45. The minimum atomic E-state index is 0.295. The van der Waals surface area contributed by atoms with Crippen LogP contribution in [0.5, 0.6) is 0 Å². The van der Waals surface area contributed by atoms with E-state index in [0.29, 0.717) is 5.41 Å². The third kappa shape index (κ3) is 1.81. The first kappa shape index (κ1) is 12.7. The summed E-state index contributed by atoms with van der Waals surface area (Å²) in [6, 6.07) is 0. The number of fused-ring (bicyclic) bond motifs is 3. The largest absolute Gasteiger partial charge is 0.0839 e. The van der Waals surface area contributed by atoms with Crippen molar-refractivity contribution in [3.63, 3.8) is 0 Å². The fourth-order valence-corrected chi connectivity index (χ4v) is 4.09. The van der Waals surface area contributed by atoms with Gasteiger partial charge in [0.25, 0.3) is 0 Å². The van der Waals surface area contributed by atoms with Gasteiger partial charge >= 0.3 is 0 Å². The highest BCUT2D eigenvalue weighted by molar-refractivity contribution is 5.58. The molecular formula is C19H24. The Bertz CT molecular complexity index is 543. The lowest BCUT2D eigenvalue weighted by Gasteiger charge is -2.43. The summed E-state index contributed by atoms with van der Waals surface area (Å²) in [5.41, 5.74) is 8.17. The highest BCUT2D eigenvalue weighted by Gasteiger charge is 2.40. The van der Waals surface area contributed by atoms with Crippen molar-refractivity contribution in [3.05, 3.63) is 58.2 Å². The SMILES string of the molecule is CCC1(CC)C2=CC(C)=CC=C(C2)C2=C1C=CCC2. The molecule has 19 heavy (non-hydrogen) atoms. The van der Waals surface area contributed by atoms with Crippen LogP contribution < -0.4 is 0 Å². The van der Waals surface area contributed by atoms with Gasteiger partial charge in [-0.25, -0.2) is 0 Å². The molecule has 0 heterocycles. The van der Waals surface area contributed by atoms with Crippen LogP contribution in [-0.4, -0.2) is 0 Å². The molecule has 0 aromatic heterocycles. The van der Waals surface area contributed by atoms with Crippen molar-refractivity contribution in [2.24, 2.45) is 5.41 Å². The standard InChI is InChI=1S/C19H24/c1-4-19(5-2)16-12-14(3)10-11-15(13-16)17-8-6-7-9-18(17)19/h7,9-12H,4-6,8,13H2,1-3H3. The molecule has 3 aliphatic rings. The molecule has 0 saturated heterocycles. The smallest absolute Gasteiger partial charge is 0.0165 e. The predicted octanol–water partition coefficient (Wildman–Crippen LogP) is 5.66. The fourth-order valence-electron chi connectivity index (χ4n) is 4.09. The van der Waals surface area contributed by atoms with Crippen LogP contribution in [0.25, 0.3) is 0 Å². The molecule has 0 radical (unpaired) electrons. The van der Waals surface area contributed by atoms with E-state index in [9.17, 15) is 0 Å². The van der Waals surface area contributed by atoms with E-state index in [1.165, 1.54) is 37.7 Å². The summed E-state index contributed by atoms with van der Waals surface area (Å²) in [7, 11) is 0. The van der Waals surface area contributed by atoms with Crippen molar-refractivity contribution in [1.82, 2.24) is 0 Å². The first-order chi connectivity index (χ1) is 9.21. The van der Waals surface area contributed by atoms with Gasteiger partial charge in [0, 0.05) is 5.41 Å². The first-order valence-electron chi connectivity index (χ1n) is 7.70. The Labute approximate surface area is 117 Å². The Balaban J connectivity index is 2.28. The van der Waals surface area contributed by atoms with Gasteiger partial charge in [-0.15, -0.1) is 0 Å². The average Bonchev–Trinajstić information content (AvgIpc) is 2.62. The molecule has 0 aromatic rings. The first-order valence-corrected chi connectivity index (χ1v) is 7.70. The molecule has 3 aliphatic carbocycles. The molecule has 0 heteroatoms. The van der Waals surface area contributed by atoms with E-state index in [1.54, 1.807) is 22.3 Å². The number of allylic oxidation sites excluding steroid dienone is 10. The minimum absolute atomic E-state index is 0.295. The van der Waals surface area contributed by atoms with Crippen molar-refractivity contribution in [3.8, 4) is 0 Å². The zero-order chi connectivity index (χ0) is 13.5. The van der Waals surface area contributed by atoms with E-state index < -0.39 is 0 Å². The Morgan fingerprint density at radius 2 is 1.95 bits per heavy atom. The molecule has 0 aliphatic heterocycles. The van der Waals surface area contributed by atoms with Gasteiger partial charge < -0.3 is 0 Å². The molecule has 100 valence electrons. The molecule has 0 unspecified atom stereocenters. The fraction of sp³-hybridized carbons (Fsp3) is 0.474. The van der Waals surface area contributed by atoms with Crippen LogP contribution in [0.2, 0.25) is 0 Å². The maximum absolute atomic E-state index is 2.45. The van der Waals surface area contributed by atoms with Crippen LogP contribution in [0, 0.1) is 5.41 Å². The van der Waals surface area contributed by atoms with E-state index in [0.717, 1.165) is 0 Å². The third-order valence-electron chi connectivity index (χ3n) is 5.23. The monoisotopic (exact) mass is 252 g/mol. The average molecular weight is 252 g/mol. The highest BCUT2D eigenvalue weighted by Crippen LogP contribution is 2.54. The zero-order valence-corrected chi connectivity index (χ0v) is 12.4. The molecule has 0 atom stereocenters. The van der Waals surface area contributed by atoms with Crippen molar-refractivity contribution in [2.75, 3.05) is 0 Å². The van der Waals surface area contributed by atoms with E-state index in [1.807, 2.05) is 0 Å². The summed E-state index contributed by atoms with van der Waals surface area (Å²) < 4.78 is 0. The second-order valence-electron chi connectivity index (χ2n) is 6.07. The topological polar surface area (TPSA) is 0 Å². The van der Waals surface area contributed by atoms with Crippen LogP contribution >= 0.6 is 0 Å². The second-order valence-corrected chi connectivity index (χ2v) is 6.07. The van der Waals surface area contributed by atoms with Gasteiger partial charge in [0.1, 0.15) is 0 Å². The van der Waals surface area contributed by atoms with Gasteiger partial charge in [-0.1, -0.05) is 55.4 Å². The number of hydrogen-bond acceptors (Lipinski definition) is 0. The van der Waals surface area contributed by atoms with Gasteiger partial charge in [0.2, 0.25) is 0 Å². The third-order valence-corrected chi connectivity index (χ3v) is 5.23. The zero-order valence-electron chi connectivity index (χ0n) is 12.4. The maximum Gasteiger partial charge on any atom is 0.0165 e. The highest BCUT2D eigenvalue weighted by atomic mass is 14.4. The second kappa shape index (κ2) is 4.67. The molecule has 0 amide bonds. The molecule has 0 aromatic carbocycles. The van der Waals surface area contributed by atoms with Crippen LogP contribution in [0.3, 0.4) is 0 Å². The van der Waals surface area contributed by atoms with Crippen LogP contribution in [0.1, 0.15) is 52.9 Å². The van der Waals surface area contributed by atoms with Gasteiger partial charge in [-0.05, 0) is 55.7 Å². The van der Waals surface area contributed by atoms with Gasteiger partial charge in [0.05, 0.1) is 0 Å². The molecule has 0 fully saturated rings. The van der Waals surface area contributed by atoms with Crippen LogP contribution in [-0.2, 0) is 0 Å². The Morgan fingerprint density at radius 1 is 1.16 bits per heavy atom. The molecule has 2 bridgehead atoms. The molecule has 0 N–H and O–H groups in total. The van der Waals surface area contributed by atoms with Gasteiger partial charge in [-0.3, -0.25) is 0 Å². The van der Waals surface area contributed by atoms with E-state index in [4.69, 9.17) is 0 Å². The molecule has 3 rings (SSSR count). The van der Waals surface area contributed by atoms with Gasteiger partial charge in [0.15, 0.2) is 0 Å². The lowest BCUT2D eigenvalue weighted by Crippen LogP contribution is -2.30. The quantitative estimate of drug-likeness (QED) is 0.595. The lowest BCUT2D eigenvalue weighted by molar-refractivity contribution is 0.383. The molecular weight excluding hydrogens is 228 g/mol. The van der Waals surface area contributed by atoms with Crippen LogP contribution in [0.15, 0.2) is 58.2 Å². The van der Waals surface area contributed by atoms with Crippen molar-refractivity contribution < 1.29 is 0 Å². The Hall–Kier alpha value is -1.30. The number of hydrogen-bond donors (Lipinski definition) is 0. The molecule has 0 spiro atoms. The summed E-state index contributed by atoms with van der Waals surface area (Å²) in [6.07, 6.45) is 18.0. The Kier molecular flexibility index (Phi) is 3.12. The summed E-state index contributed by atoms with van der Waals surface area (Å²) in [5, 5.41) is 0. The van der Waals surface area contributed by atoms with Crippen molar-refractivity contribution in [2.45, 2.75) is 52.9 Å². The van der Waals surface area contributed by atoms with Crippen molar-refractivity contribution >= 4 is 0 Å².